The summed E-state index contributed by atoms with van der Waals surface area (Å²) in [5, 5.41) is 22.6. The van der Waals surface area contributed by atoms with Gasteiger partial charge in [0.1, 0.15) is 23.9 Å². The van der Waals surface area contributed by atoms with Crippen LogP contribution < -0.4 is 16.2 Å². The number of nitro benzene ring substituents is 1. The third-order valence-corrected chi connectivity index (χ3v) is 10.6. The van der Waals surface area contributed by atoms with E-state index in [9.17, 15) is 43.5 Å². The lowest BCUT2D eigenvalue weighted by Crippen LogP contribution is -2.30. The van der Waals surface area contributed by atoms with E-state index in [0.717, 1.165) is 4.57 Å². The predicted octanol–water partition coefficient (Wildman–Crippen LogP) is 2.80. The first-order valence-electron chi connectivity index (χ1n) is 14.4. The zero-order chi connectivity index (χ0) is 37.8. The molecule has 3 unspecified atom stereocenters. The van der Waals surface area contributed by atoms with Crippen molar-refractivity contribution in [3.63, 3.8) is 0 Å². The highest BCUT2D eigenvalue weighted by molar-refractivity contribution is 7.66. The van der Waals surface area contributed by atoms with Gasteiger partial charge in [-0.3, -0.25) is 19.2 Å². The van der Waals surface area contributed by atoms with Crippen molar-refractivity contribution >= 4 is 35.0 Å². The number of nitrogens with zero attached hydrogens (tertiary/aromatic N) is 3. The minimum Gasteiger partial charge on any atom is -0.495 e. The molecule has 3 rings (SSSR count). The van der Waals surface area contributed by atoms with Crippen LogP contribution in [0.3, 0.4) is 0 Å². The highest BCUT2D eigenvalue weighted by Gasteiger charge is 2.43. The van der Waals surface area contributed by atoms with Crippen LogP contribution >= 0.6 is 23.5 Å². The van der Waals surface area contributed by atoms with Gasteiger partial charge in [-0.15, -0.1) is 0 Å². The number of nitro groups is 1. The molecule has 0 amide bonds. The van der Waals surface area contributed by atoms with E-state index in [1.165, 1.54) is 25.4 Å². The lowest BCUT2D eigenvalue weighted by Gasteiger charge is -2.31. The van der Waals surface area contributed by atoms with Crippen LogP contribution in [0.2, 0.25) is 0 Å². The predicted molar refractivity (Wildman–Crippen MR) is 171 cm³/mol. The Hall–Kier alpha value is -3.05. The highest BCUT2D eigenvalue weighted by atomic mass is 31.3. The number of phosphoric acid groups is 3. The Morgan fingerprint density at radius 2 is 1.84 bits per heavy atom. The second-order valence-electron chi connectivity index (χ2n) is 11.7. The number of benzene rings is 1. The smallest absolute Gasteiger partial charge is 0.490 e. The van der Waals surface area contributed by atoms with Gasteiger partial charge in [-0.1, -0.05) is 39.5 Å². The molecule has 7 N–H and O–H groups in total. The van der Waals surface area contributed by atoms with Crippen molar-refractivity contribution in [1.29, 1.82) is 0 Å². The van der Waals surface area contributed by atoms with Gasteiger partial charge in [0.2, 0.25) is 0 Å². The first-order valence-corrected chi connectivity index (χ1v) is 18.9. The van der Waals surface area contributed by atoms with Crippen LogP contribution in [0.4, 0.5) is 11.5 Å². The zero-order valence-corrected chi connectivity index (χ0v) is 29.9. The van der Waals surface area contributed by atoms with Crippen molar-refractivity contribution in [3.05, 3.63) is 55.6 Å². The van der Waals surface area contributed by atoms with Crippen LogP contribution in [0.15, 0.2) is 23.1 Å². The van der Waals surface area contributed by atoms with Crippen molar-refractivity contribution in [3.8, 4) is 17.6 Å². The number of methoxy groups -OCH3 is 1. The Labute approximate surface area is 284 Å². The molecule has 50 heavy (non-hydrogen) atoms. The molecule has 6 atom stereocenters. The molecule has 24 heteroatoms. The van der Waals surface area contributed by atoms with Crippen molar-refractivity contribution in [1.82, 2.24) is 9.55 Å². The largest absolute Gasteiger partial charge is 0.495 e. The topological polar surface area (TPSA) is 312 Å². The van der Waals surface area contributed by atoms with E-state index in [1.807, 2.05) is 6.92 Å². The van der Waals surface area contributed by atoms with Gasteiger partial charge in [-0.2, -0.15) is 13.6 Å². The molecule has 21 nitrogen and oxygen atoms in total. The molecule has 1 saturated heterocycles. The maximum Gasteiger partial charge on any atom is 0.490 e. The van der Waals surface area contributed by atoms with Crippen LogP contribution in [0, 0.1) is 27.4 Å². The third-order valence-electron chi connectivity index (χ3n) is 6.81. The fourth-order valence-electron chi connectivity index (χ4n) is 4.73. The standard InChI is InChI=1S/C26H37N4O17P3/c1-6-7-8-15-9-18(30(33)34)17(10-20(15)42-5)23(26(2,3)4)43-13-16-12-29(25(32)28-24(16)27)22-11-19(31)21(45-22)14-44-49(38,39)47-50(40,41)46-48(35,36)37/h9-10,12,19,21-23,31H,6,11,13-14H2,1-5H3,(H,38,39)(H,40,41)(H2,27,28,32)(H2,35,36,37)/t19?,21-,22-,23-/m1/s1. The average molecular weight is 771 g/mol. The van der Waals surface area contributed by atoms with Crippen LogP contribution in [-0.4, -0.2) is 65.1 Å². The van der Waals surface area contributed by atoms with Gasteiger partial charge in [0.15, 0.2) is 0 Å². The minimum absolute atomic E-state index is 0.147. The normalized spacial score (nSPS) is 21.0. The quantitative estimate of drug-likeness (QED) is 0.0696. The summed E-state index contributed by atoms with van der Waals surface area (Å²) in [5.41, 5.74) is 4.74. The Morgan fingerprint density at radius 1 is 1.18 bits per heavy atom. The highest BCUT2D eigenvalue weighted by Crippen LogP contribution is 2.66. The Bertz CT molecular complexity index is 1850. The van der Waals surface area contributed by atoms with Crippen molar-refractivity contribution in [2.45, 2.75) is 71.7 Å². The van der Waals surface area contributed by atoms with Crippen LogP contribution in [0.1, 0.15) is 69.6 Å². The number of aliphatic hydroxyl groups excluding tert-OH is 1. The van der Waals surface area contributed by atoms with E-state index < -0.39 is 70.6 Å². The van der Waals surface area contributed by atoms with E-state index in [2.05, 4.69) is 30.0 Å². The van der Waals surface area contributed by atoms with Crippen molar-refractivity contribution in [2.24, 2.45) is 5.41 Å². The van der Waals surface area contributed by atoms with E-state index in [4.69, 9.17) is 29.7 Å². The second kappa shape index (κ2) is 16.1. The van der Waals surface area contributed by atoms with Gasteiger partial charge in [0.05, 0.1) is 48.6 Å². The maximum atomic E-state index is 12.8. The lowest BCUT2D eigenvalue weighted by atomic mass is 9.83. The molecular formula is C26H37N4O17P3. The molecule has 0 bridgehead atoms. The molecule has 278 valence electrons. The SMILES string of the molecule is CCC#Cc1cc([N+](=O)[O-])c([C@@H](OCc2cn([C@H]3CC(O)[C@@H](COP(=O)(O)OP(=O)(O)OP(=O)(O)O)O3)c(=O)nc2N)C(C)(C)C)cc1OC. The fraction of sp³-hybridized carbons (Fsp3) is 0.538. The fourth-order valence-corrected chi connectivity index (χ4v) is 7.76. The van der Waals surface area contributed by atoms with Gasteiger partial charge < -0.3 is 44.6 Å². The summed E-state index contributed by atoms with van der Waals surface area (Å²) < 4.78 is 64.5. The van der Waals surface area contributed by atoms with Crippen LogP contribution in [0.5, 0.6) is 5.75 Å². The van der Waals surface area contributed by atoms with E-state index >= 15 is 0 Å². The third kappa shape index (κ3) is 11.2. The zero-order valence-electron chi connectivity index (χ0n) is 27.3. The number of anilines is 1. The first kappa shape index (κ1) is 41.4. The summed E-state index contributed by atoms with van der Waals surface area (Å²) in [7, 11) is -15.5. The van der Waals surface area contributed by atoms with Gasteiger partial charge >= 0.3 is 29.2 Å². The number of nitrogen functional groups attached to an aromatic ring is 1. The van der Waals surface area contributed by atoms with Gasteiger partial charge in [-0.25, -0.2) is 18.5 Å². The summed E-state index contributed by atoms with van der Waals surface area (Å²) in [6, 6.07) is 2.78. The summed E-state index contributed by atoms with van der Waals surface area (Å²) >= 11 is 0. The first-order chi connectivity index (χ1) is 23.0. The Morgan fingerprint density at radius 3 is 2.40 bits per heavy atom. The average Bonchev–Trinajstić information content (AvgIpc) is 3.33. The number of aromatic nitrogens is 2. The molecular weight excluding hydrogens is 733 g/mol. The number of hydrogen-bond acceptors (Lipinski definition) is 15. The number of hydrogen-bond donors (Lipinski definition) is 6. The minimum atomic E-state index is -5.78. The number of ether oxygens (including phenoxy) is 3. The Kier molecular flexibility index (Phi) is 13.3. The molecule has 2 aromatic rings. The van der Waals surface area contributed by atoms with E-state index in [-0.39, 0.29) is 35.7 Å². The Balaban J connectivity index is 1.84. The van der Waals surface area contributed by atoms with Crippen molar-refractivity contribution in [2.75, 3.05) is 19.5 Å². The number of aliphatic hydroxyl groups is 1. The maximum absolute atomic E-state index is 12.8. The van der Waals surface area contributed by atoms with Crippen molar-refractivity contribution < 1.29 is 70.7 Å². The number of phosphoric ester groups is 1. The van der Waals surface area contributed by atoms with Gasteiger partial charge in [-0.05, 0) is 11.5 Å². The summed E-state index contributed by atoms with van der Waals surface area (Å²) in [5.74, 6) is 5.77. The summed E-state index contributed by atoms with van der Waals surface area (Å²) in [6.45, 7) is 5.91. The number of nitrogens with two attached hydrogens (primary N) is 1. The molecule has 0 saturated carbocycles. The lowest BCUT2D eigenvalue weighted by molar-refractivity contribution is -0.386. The second-order valence-corrected chi connectivity index (χ2v) is 16.2. The monoisotopic (exact) mass is 770 g/mol. The molecule has 2 heterocycles. The summed E-state index contributed by atoms with van der Waals surface area (Å²) in [4.78, 5) is 64.5. The number of rotatable bonds is 14. The molecule has 1 aliphatic rings. The molecule has 1 aromatic heterocycles. The van der Waals surface area contributed by atoms with Gasteiger partial charge in [0, 0.05) is 30.7 Å². The van der Waals surface area contributed by atoms with Gasteiger partial charge in [0.25, 0.3) is 5.69 Å². The van der Waals surface area contributed by atoms with Crippen LogP contribution in [0.25, 0.3) is 0 Å². The molecule has 1 fully saturated rings. The molecule has 0 radical (unpaired) electrons. The summed E-state index contributed by atoms with van der Waals surface area (Å²) in [6.07, 6.45) is -3.61. The van der Waals surface area contributed by atoms with E-state index in [0.29, 0.717) is 17.7 Å². The van der Waals surface area contributed by atoms with E-state index in [1.54, 1.807) is 20.8 Å². The van der Waals surface area contributed by atoms with Crippen LogP contribution in [-0.2, 0) is 42.9 Å². The molecule has 0 spiro atoms. The molecule has 1 aliphatic heterocycles. The molecule has 0 aliphatic carbocycles. The molecule has 1 aromatic carbocycles.